The van der Waals surface area contributed by atoms with E-state index in [2.05, 4.69) is 10.6 Å². The Labute approximate surface area is 118 Å². The van der Waals surface area contributed by atoms with Gasteiger partial charge in [-0.25, -0.2) is 9.59 Å². The Kier molecular flexibility index (Phi) is 10.4. The first kappa shape index (κ1) is 18.0. The molecule has 0 radical (unpaired) electrons. The molecule has 0 aromatic heterocycles. The molecule has 3 N–H and O–H groups in total. The maximum Gasteiger partial charge on any atom is 0.326 e. The summed E-state index contributed by atoms with van der Waals surface area (Å²) in [5.74, 6) is 0.131. The highest BCUT2D eigenvalue weighted by Gasteiger charge is 2.18. The van der Waals surface area contributed by atoms with Gasteiger partial charge in [0.2, 0.25) is 0 Å². The third kappa shape index (κ3) is 10.6. The molecule has 7 heteroatoms. The summed E-state index contributed by atoms with van der Waals surface area (Å²) < 4.78 is 5.30. The number of thioether (sulfide) groups is 1. The minimum absolute atomic E-state index is 0.368. The molecule has 0 fully saturated rings. The van der Waals surface area contributed by atoms with Crippen LogP contribution in [0.3, 0.4) is 0 Å². The van der Waals surface area contributed by atoms with E-state index in [0.717, 1.165) is 0 Å². The van der Waals surface area contributed by atoms with Crippen molar-refractivity contribution in [2.45, 2.75) is 26.3 Å². The number of hydrogen-bond acceptors (Lipinski definition) is 4. The van der Waals surface area contributed by atoms with E-state index in [4.69, 9.17) is 9.84 Å². The SMILES string of the molecule is CSCCC(NC(=O)NCCOCC(C)C)C(=O)O. The van der Waals surface area contributed by atoms with Gasteiger partial charge >= 0.3 is 12.0 Å². The normalized spacial score (nSPS) is 12.2. The second-order valence-corrected chi connectivity index (χ2v) is 5.53. The average Bonchev–Trinajstić information content (AvgIpc) is 2.33. The number of urea groups is 1. The molecule has 2 amide bonds. The van der Waals surface area contributed by atoms with Gasteiger partial charge in [-0.15, -0.1) is 0 Å². The largest absolute Gasteiger partial charge is 0.480 e. The van der Waals surface area contributed by atoms with Crippen molar-refractivity contribution in [3.05, 3.63) is 0 Å². The van der Waals surface area contributed by atoms with Crippen LogP contribution in [0.25, 0.3) is 0 Å². The summed E-state index contributed by atoms with van der Waals surface area (Å²) in [5, 5.41) is 13.9. The molecule has 1 atom stereocenters. The van der Waals surface area contributed by atoms with Crippen LogP contribution in [0.1, 0.15) is 20.3 Å². The standard InChI is InChI=1S/C12H24N2O4S/c1-9(2)8-18-6-5-13-12(17)14-10(11(15)16)4-7-19-3/h9-10H,4-8H2,1-3H3,(H,15,16)(H2,13,14,17). The van der Waals surface area contributed by atoms with E-state index >= 15 is 0 Å². The molecule has 19 heavy (non-hydrogen) atoms. The van der Waals surface area contributed by atoms with Crippen molar-refractivity contribution in [3.8, 4) is 0 Å². The number of amides is 2. The number of carbonyl (C=O) groups excluding carboxylic acids is 1. The van der Waals surface area contributed by atoms with Gasteiger partial charge in [-0.05, 0) is 24.3 Å². The zero-order chi connectivity index (χ0) is 14.7. The van der Waals surface area contributed by atoms with E-state index in [0.29, 0.717) is 37.9 Å². The first-order valence-corrected chi connectivity index (χ1v) is 7.70. The molecule has 0 aliphatic heterocycles. The number of aliphatic carboxylic acids is 1. The topological polar surface area (TPSA) is 87.7 Å². The van der Waals surface area contributed by atoms with Crippen LogP contribution in [-0.4, -0.2) is 54.9 Å². The van der Waals surface area contributed by atoms with E-state index in [9.17, 15) is 9.59 Å². The van der Waals surface area contributed by atoms with Crippen LogP contribution in [0.2, 0.25) is 0 Å². The highest BCUT2D eigenvalue weighted by atomic mass is 32.2. The van der Waals surface area contributed by atoms with E-state index in [1.165, 1.54) is 0 Å². The molecule has 0 bridgehead atoms. The van der Waals surface area contributed by atoms with Gasteiger partial charge in [-0.3, -0.25) is 0 Å². The van der Waals surface area contributed by atoms with Crippen LogP contribution in [0.15, 0.2) is 0 Å². The Bertz CT molecular complexity index is 274. The number of rotatable bonds is 10. The van der Waals surface area contributed by atoms with Crippen LogP contribution in [0.5, 0.6) is 0 Å². The molecule has 0 saturated heterocycles. The number of ether oxygens (including phenoxy) is 1. The Morgan fingerprint density at radius 1 is 1.37 bits per heavy atom. The summed E-state index contributed by atoms with van der Waals surface area (Å²) in [6, 6.07) is -1.31. The van der Waals surface area contributed by atoms with E-state index in [1.807, 2.05) is 20.1 Å². The molecule has 0 spiro atoms. The number of hydrogen-bond donors (Lipinski definition) is 3. The number of carbonyl (C=O) groups is 2. The summed E-state index contributed by atoms with van der Waals surface area (Å²) in [4.78, 5) is 22.4. The van der Waals surface area contributed by atoms with Crippen molar-refractivity contribution in [1.29, 1.82) is 0 Å². The van der Waals surface area contributed by atoms with Gasteiger partial charge in [0.05, 0.1) is 6.61 Å². The van der Waals surface area contributed by atoms with Crippen molar-refractivity contribution in [2.24, 2.45) is 5.92 Å². The molecular weight excluding hydrogens is 268 g/mol. The molecule has 112 valence electrons. The van der Waals surface area contributed by atoms with Crippen LogP contribution in [0, 0.1) is 5.92 Å². The van der Waals surface area contributed by atoms with Crippen molar-refractivity contribution in [3.63, 3.8) is 0 Å². The van der Waals surface area contributed by atoms with Gasteiger partial charge in [-0.1, -0.05) is 13.8 Å². The molecule has 0 heterocycles. The summed E-state index contributed by atoms with van der Waals surface area (Å²) in [5.41, 5.74) is 0. The third-order valence-corrected chi connectivity index (χ3v) is 2.84. The van der Waals surface area contributed by atoms with E-state index in [1.54, 1.807) is 11.8 Å². The molecule has 0 saturated carbocycles. The Morgan fingerprint density at radius 3 is 2.58 bits per heavy atom. The lowest BCUT2D eigenvalue weighted by molar-refractivity contribution is -0.139. The lowest BCUT2D eigenvalue weighted by Gasteiger charge is -2.14. The Morgan fingerprint density at radius 2 is 2.05 bits per heavy atom. The fraction of sp³-hybridized carbons (Fsp3) is 0.833. The van der Waals surface area contributed by atoms with E-state index in [-0.39, 0.29) is 0 Å². The van der Waals surface area contributed by atoms with Gasteiger partial charge in [-0.2, -0.15) is 11.8 Å². The summed E-state index contributed by atoms with van der Waals surface area (Å²) in [6.45, 7) is 5.53. The zero-order valence-corrected chi connectivity index (χ0v) is 12.6. The predicted octanol–water partition coefficient (Wildman–Crippen LogP) is 1.16. The van der Waals surface area contributed by atoms with Crippen LogP contribution >= 0.6 is 11.8 Å². The smallest absolute Gasteiger partial charge is 0.326 e. The molecule has 0 aliphatic rings. The average molecular weight is 292 g/mol. The summed E-state index contributed by atoms with van der Waals surface area (Å²) >= 11 is 1.55. The first-order chi connectivity index (χ1) is 8.97. The highest BCUT2D eigenvalue weighted by molar-refractivity contribution is 7.98. The Balaban J connectivity index is 3.77. The van der Waals surface area contributed by atoms with Crippen molar-refractivity contribution in [2.75, 3.05) is 31.8 Å². The lowest BCUT2D eigenvalue weighted by Crippen LogP contribution is -2.47. The van der Waals surface area contributed by atoms with Crippen molar-refractivity contribution in [1.82, 2.24) is 10.6 Å². The number of carboxylic acids is 1. The Hall–Kier alpha value is -0.950. The van der Waals surface area contributed by atoms with Gasteiger partial charge in [0, 0.05) is 13.2 Å². The molecule has 1 unspecified atom stereocenters. The molecule has 0 aromatic carbocycles. The van der Waals surface area contributed by atoms with Crippen molar-refractivity contribution >= 4 is 23.8 Å². The van der Waals surface area contributed by atoms with Crippen LogP contribution < -0.4 is 10.6 Å². The predicted molar refractivity (Wildman–Crippen MR) is 76.6 cm³/mol. The zero-order valence-electron chi connectivity index (χ0n) is 11.8. The van der Waals surface area contributed by atoms with Crippen LogP contribution in [0.4, 0.5) is 4.79 Å². The minimum atomic E-state index is -1.01. The molecule has 0 rings (SSSR count). The van der Waals surface area contributed by atoms with Gasteiger partial charge in [0.15, 0.2) is 0 Å². The van der Waals surface area contributed by atoms with Gasteiger partial charge < -0.3 is 20.5 Å². The second-order valence-electron chi connectivity index (χ2n) is 4.54. The summed E-state index contributed by atoms with van der Waals surface area (Å²) in [6.07, 6.45) is 2.30. The fourth-order valence-corrected chi connectivity index (χ4v) is 1.73. The third-order valence-electron chi connectivity index (χ3n) is 2.20. The second kappa shape index (κ2) is 10.9. The monoisotopic (exact) mass is 292 g/mol. The number of nitrogens with one attached hydrogen (secondary N) is 2. The lowest BCUT2D eigenvalue weighted by atomic mass is 10.2. The maximum absolute atomic E-state index is 11.5. The summed E-state index contributed by atoms with van der Waals surface area (Å²) in [7, 11) is 0. The minimum Gasteiger partial charge on any atom is -0.480 e. The van der Waals surface area contributed by atoms with Gasteiger partial charge in [0.25, 0.3) is 0 Å². The fourth-order valence-electron chi connectivity index (χ4n) is 1.26. The molecule has 0 aromatic rings. The maximum atomic E-state index is 11.5. The van der Waals surface area contributed by atoms with Gasteiger partial charge in [0.1, 0.15) is 6.04 Å². The molecule has 0 aliphatic carbocycles. The first-order valence-electron chi connectivity index (χ1n) is 6.31. The molecule has 6 nitrogen and oxygen atoms in total. The van der Waals surface area contributed by atoms with E-state index < -0.39 is 18.0 Å². The quantitative estimate of drug-likeness (QED) is 0.526. The highest BCUT2D eigenvalue weighted by Crippen LogP contribution is 2.00. The molecular formula is C12H24N2O4S. The van der Waals surface area contributed by atoms with Crippen molar-refractivity contribution < 1.29 is 19.4 Å². The van der Waals surface area contributed by atoms with Crippen LogP contribution in [-0.2, 0) is 9.53 Å². The number of carboxylic acid groups (broad SMARTS) is 1.